The fourth-order valence-electron chi connectivity index (χ4n) is 2.63. The normalized spacial score (nSPS) is 17.0. The number of amides is 1. The van der Waals surface area contributed by atoms with E-state index in [-0.39, 0.29) is 23.6 Å². The van der Waals surface area contributed by atoms with Gasteiger partial charge in [0.2, 0.25) is 11.8 Å². The highest BCUT2D eigenvalue weighted by Gasteiger charge is 2.28. The monoisotopic (exact) mass is 378 g/mol. The van der Waals surface area contributed by atoms with Crippen LogP contribution in [0.5, 0.6) is 11.6 Å². The highest BCUT2D eigenvalue weighted by Crippen LogP contribution is 2.32. The standard InChI is InChI=1S/C17H16ClFN4O3/c1-2-15(24)23-3-4-25-9-13(23)10-5-11(18)7-12(6-10)26-14-8-21-17(20)16(19)22-14/h2,5-8,13H,1,3-4,9H2,(H2,20,21). The van der Waals surface area contributed by atoms with Gasteiger partial charge in [-0.3, -0.25) is 4.79 Å². The quantitative estimate of drug-likeness (QED) is 0.822. The number of hydrogen-bond acceptors (Lipinski definition) is 6. The molecule has 0 aliphatic carbocycles. The Labute approximate surface area is 154 Å². The maximum atomic E-state index is 13.4. The molecule has 1 atom stereocenters. The van der Waals surface area contributed by atoms with Crippen LogP contribution in [0, 0.1) is 5.95 Å². The third-order valence-electron chi connectivity index (χ3n) is 3.82. The second-order valence-electron chi connectivity index (χ2n) is 5.53. The Morgan fingerprint density at radius 3 is 3.04 bits per heavy atom. The van der Waals surface area contributed by atoms with Crippen LogP contribution in [0.2, 0.25) is 5.02 Å². The van der Waals surface area contributed by atoms with Crippen molar-refractivity contribution >= 4 is 23.3 Å². The van der Waals surface area contributed by atoms with Crippen LogP contribution in [-0.2, 0) is 9.53 Å². The molecule has 1 aliphatic rings. The number of anilines is 1. The van der Waals surface area contributed by atoms with Crippen molar-refractivity contribution in [1.82, 2.24) is 14.9 Å². The maximum absolute atomic E-state index is 13.4. The summed E-state index contributed by atoms with van der Waals surface area (Å²) in [6.07, 6.45) is 2.46. The number of carbonyl (C=O) groups is 1. The summed E-state index contributed by atoms with van der Waals surface area (Å²) in [5.41, 5.74) is 6.01. The third kappa shape index (κ3) is 3.92. The van der Waals surface area contributed by atoms with Crippen molar-refractivity contribution in [2.75, 3.05) is 25.5 Å². The van der Waals surface area contributed by atoms with Crippen molar-refractivity contribution in [3.05, 3.63) is 53.6 Å². The number of rotatable bonds is 4. The van der Waals surface area contributed by atoms with E-state index in [2.05, 4.69) is 16.5 Å². The second-order valence-corrected chi connectivity index (χ2v) is 5.97. The molecule has 26 heavy (non-hydrogen) atoms. The lowest BCUT2D eigenvalue weighted by Crippen LogP contribution is -2.42. The topological polar surface area (TPSA) is 90.6 Å². The van der Waals surface area contributed by atoms with Crippen molar-refractivity contribution in [2.24, 2.45) is 0 Å². The Balaban J connectivity index is 1.90. The first-order chi connectivity index (χ1) is 12.5. The van der Waals surface area contributed by atoms with Gasteiger partial charge >= 0.3 is 0 Å². The number of carbonyl (C=O) groups excluding carboxylic acids is 1. The fraction of sp³-hybridized carbons (Fsp3) is 0.235. The predicted octanol–water partition coefficient (Wildman–Crippen LogP) is 2.73. The first kappa shape index (κ1) is 18.1. The lowest BCUT2D eigenvalue weighted by Gasteiger charge is -2.35. The SMILES string of the molecule is C=CC(=O)N1CCOCC1c1cc(Cl)cc(Oc2cnc(N)c(F)n2)c1. The van der Waals surface area contributed by atoms with Crippen LogP contribution in [0.4, 0.5) is 10.2 Å². The van der Waals surface area contributed by atoms with E-state index in [4.69, 9.17) is 26.8 Å². The van der Waals surface area contributed by atoms with Gasteiger partial charge in [-0.25, -0.2) is 4.98 Å². The minimum absolute atomic E-state index is 0.0659. The average molecular weight is 379 g/mol. The summed E-state index contributed by atoms with van der Waals surface area (Å²) in [7, 11) is 0. The van der Waals surface area contributed by atoms with Crippen LogP contribution in [0.3, 0.4) is 0 Å². The third-order valence-corrected chi connectivity index (χ3v) is 4.04. The molecule has 2 aromatic rings. The van der Waals surface area contributed by atoms with Gasteiger partial charge in [-0.05, 0) is 29.8 Å². The van der Waals surface area contributed by atoms with Crippen LogP contribution in [0.15, 0.2) is 37.1 Å². The number of hydrogen-bond donors (Lipinski definition) is 1. The van der Waals surface area contributed by atoms with Crippen LogP contribution in [0.25, 0.3) is 0 Å². The molecule has 2 N–H and O–H groups in total. The van der Waals surface area contributed by atoms with Gasteiger partial charge in [0.05, 0.1) is 25.5 Å². The molecule has 0 spiro atoms. The van der Waals surface area contributed by atoms with Gasteiger partial charge in [0, 0.05) is 11.6 Å². The molecule has 2 heterocycles. The first-order valence-corrected chi connectivity index (χ1v) is 8.13. The molecule has 0 saturated carbocycles. The number of ether oxygens (including phenoxy) is 2. The summed E-state index contributed by atoms with van der Waals surface area (Å²) in [6, 6.07) is 4.60. The molecule has 1 aromatic carbocycles. The van der Waals surface area contributed by atoms with Crippen molar-refractivity contribution < 1.29 is 18.7 Å². The fourth-order valence-corrected chi connectivity index (χ4v) is 2.86. The molecule has 1 amide bonds. The number of nitrogen functional groups attached to an aromatic ring is 1. The molecule has 0 bridgehead atoms. The Bertz CT molecular complexity index is 849. The van der Waals surface area contributed by atoms with Crippen molar-refractivity contribution in [2.45, 2.75) is 6.04 Å². The van der Waals surface area contributed by atoms with Gasteiger partial charge < -0.3 is 20.1 Å². The smallest absolute Gasteiger partial charge is 0.258 e. The lowest BCUT2D eigenvalue weighted by atomic mass is 10.0. The maximum Gasteiger partial charge on any atom is 0.258 e. The Morgan fingerprint density at radius 2 is 2.31 bits per heavy atom. The van der Waals surface area contributed by atoms with Gasteiger partial charge in [0.25, 0.3) is 5.95 Å². The summed E-state index contributed by atoms with van der Waals surface area (Å²) in [4.78, 5) is 21.0. The molecule has 3 rings (SSSR count). The molecule has 1 aliphatic heterocycles. The number of nitrogens with two attached hydrogens (primary N) is 1. The minimum atomic E-state index is -0.923. The van der Waals surface area contributed by atoms with Crippen LogP contribution < -0.4 is 10.5 Å². The van der Waals surface area contributed by atoms with E-state index in [0.717, 1.165) is 0 Å². The number of morpholine rings is 1. The zero-order valence-electron chi connectivity index (χ0n) is 13.7. The molecule has 1 fully saturated rings. The molecule has 1 aromatic heterocycles. The molecule has 1 saturated heterocycles. The molecule has 0 radical (unpaired) electrons. The Hall–Kier alpha value is -2.71. The van der Waals surface area contributed by atoms with Crippen LogP contribution >= 0.6 is 11.6 Å². The highest BCUT2D eigenvalue weighted by atomic mass is 35.5. The van der Waals surface area contributed by atoms with Crippen LogP contribution in [0.1, 0.15) is 11.6 Å². The van der Waals surface area contributed by atoms with Crippen molar-refractivity contribution in [3.63, 3.8) is 0 Å². The van der Waals surface area contributed by atoms with E-state index in [9.17, 15) is 9.18 Å². The van der Waals surface area contributed by atoms with Gasteiger partial charge in [0.15, 0.2) is 5.82 Å². The zero-order chi connectivity index (χ0) is 18.7. The molecule has 136 valence electrons. The summed E-state index contributed by atoms with van der Waals surface area (Å²) in [5.74, 6) is -1.19. The lowest BCUT2D eigenvalue weighted by molar-refractivity contribution is -0.134. The van der Waals surface area contributed by atoms with E-state index in [1.165, 1.54) is 12.3 Å². The van der Waals surface area contributed by atoms with Gasteiger partial charge in [-0.2, -0.15) is 9.37 Å². The van der Waals surface area contributed by atoms with Crippen LogP contribution in [-0.4, -0.2) is 40.5 Å². The highest BCUT2D eigenvalue weighted by molar-refractivity contribution is 6.30. The van der Waals surface area contributed by atoms with Gasteiger partial charge in [0.1, 0.15) is 5.75 Å². The first-order valence-electron chi connectivity index (χ1n) is 7.75. The molecule has 1 unspecified atom stereocenters. The molecular formula is C17H16ClFN4O3. The van der Waals surface area contributed by atoms with E-state index in [1.807, 2.05) is 0 Å². The number of nitrogens with zero attached hydrogens (tertiary/aromatic N) is 3. The molecular weight excluding hydrogens is 363 g/mol. The van der Waals surface area contributed by atoms with E-state index in [1.54, 1.807) is 23.1 Å². The molecule has 9 heteroatoms. The second kappa shape index (κ2) is 7.67. The van der Waals surface area contributed by atoms with Crippen molar-refractivity contribution in [1.29, 1.82) is 0 Å². The largest absolute Gasteiger partial charge is 0.437 e. The van der Waals surface area contributed by atoms with Gasteiger partial charge in [-0.15, -0.1) is 0 Å². The Kier molecular flexibility index (Phi) is 5.34. The number of benzene rings is 1. The predicted molar refractivity (Wildman–Crippen MR) is 93.4 cm³/mol. The average Bonchev–Trinajstić information content (AvgIpc) is 2.63. The summed E-state index contributed by atoms with van der Waals surface area (Å²) >= 11 is 6.18. The van der Waals surface area contributed by atoms with E-state index < -0.39 is 5.95 Å². The zero-order valence-corrected chi connectivity index (χ0v) is 14.4. The van der Waals surface area contributed by atoms with E-state index >= 15 is 0 Å². The van der Waals surface area contributed by atoms with Crippen molar-refractivity contribution in [3.8, 4) is 11.6 Å². The Morgan fingerprint density at radius 1 is 1.50 bits per heavy atom. The summed E-state index contributed by atoms with van der Waals surface area (Å²) in [6.45, 7) is 4.72. The summed E-state index contributed by atoms with van der Waals surface area (Å²) < 4.78 is 24.5. The van der Waals surface area contributed by atoms with Gasteiger partial charge in [-0.1, -0.05) is 18.2 Å². The molecule has 7 nitrogen and oxygen atoms in total. The number of halogens is 2. The minimum Gasteiger partial charge on any atom is -0.437 e. The van der Waals surface area contributed by atoms with E-state index in [0.29, 0.717) is 36.1 Å². The summed E-state index contributed by atoms with van der Waals surface area (Å²) in [5, 5.41) is 0.387. The number of aromatic nitrogens is 2.